The first-order valence-corrected chi connectivity index (χ1v) is 9.11. The van der Waals surface area contributed by atoms with Crippen molar-refractivity contribution in [3.8, 4) is 0 Å². The summed E-state index contributed by atoms with van der Waals surface area (Å²) in [4.78, 5) is 26.4. The van der Waals surface area contributed by atoms with Crippen LogP contribution in [0.1, 0.15) is 35.2 Å². The fourth-order valence-corrected chi connectivity index (χ4v) is 2.80. The van der Waals surface area contributed by atoms with E-state index in [4.69, 9.17) is 5.73 Å². The number of amides is 2. The number of nitrogens with two attached hydrogens (primary N) is 1. The Bertz CT molecular complexity index is 740. The number of carbonyl (C=O) groups is 2. The molecule has 2 amide bonds. The van der Waals surface area contributed by atoms with Crippen LogP contribution in [0, 0.1) is 5.92 Å². The van der Waals surface area contributed by atoms with Crippen LogP contribution in [-0.4, -0.2) is 29.8 Å². The molecule has 5 heteroatoms. The molecule has 0 heterocycles. The molecule has 0 bridgehead atoms. The van der Waals surface area contributed by atoms with Gasteiger partial charge in [0, 0.05) is 30.3 Å². The predicted octanol–water partition coefficient (Wildman–Crippen LogP) is 3.03. The van der Waals surface area contributed by atoms with Gasteiger partial charge in [-0.15, -0.1) is 0 Å². The molecule has 1 aliphatic rings. The summed E-state index contributed by atoms with van der Waals surface area (Å²) in [6.45, 7) is 1.68. The molecule has 1 saturated carbocycles. The van der Waals surface area contributed by atoms with E-state index in [0.29, 0.717) is 25.2 Å². The summed E-state index contributed by atoms with van der Waals surface area (Å²) < 4.78 is 0. The van der Waals surface area contributed by atoms with Crippen LogP contribution in [0.5, 0.6) is 0 Å². The highest BCUT2D eigenvalue weighted by molar-refractivity contribution is 5.94. The van der Waals surface area contributed by atoms with Gasteiger partial charge in [-0.1, -0.05) is 30.3 Å². The van der Waals surface area contributed by atoms with Gasteiger partial charge in [-0.25, -0.2) is 0 Å². The Morgan fingerprint density at radius 1 is 1.04 bits per heavy atom. The first kappa shape index (κ1) is 18.1. The van der Waals surface area contributed by atoms with E-state index in [-0.39, 0.29) is 17.7 Å². The molecule has 0 atom stereocenters. The third-order valence-electron chi connectivity index (χ3n) is 4.48. The van der Waals surface area contributed by atoms with Gasteiger partial charge in [-0.05, 0) is 55.6 Å². The van der Waals surface area contributed by atoms with Crippen molar-refractivity contribution in [2.45, 2.75) is 25.8 Å². The average molecular weight is 351 g/mol. The number of hydrogen-bond donors (Lipinski definition) is 2. The summed E-state index contributed by atoms with van der Waals surface area (Å²) in [5.74, 6) is 0.289. The molecule has 5 nitrogen and oxygen atoms in total. The standard InChI is InChI=1S/C21H25N3O2/c22-13-4-14-24(21(26)18-5-2-1-3-6-18)15-16-7-11-19(12-8-16)23-20(25)17-9-10-17/h1-3,5-8,11-12,17H,4,9-10,13-15,22H2,(H,23,25). The lowest BCUT2D eigenvalue weighted by atomic mass is 10.1. The Balaban J connectivity index is 1.65. The molecule has 2 aromatic carbocycles. The van der Waals surface area contributed by atoms with Gasteiger partial charge in [0.2, 0.25) is 5.91 Å². The molecule has 0 aliphatic heterocycles. The molecule has 3 N–H and O–H groups in total. The van der Waals surface area contributed by atoms with E-state index in [1.807, 2.05) is 59.5 Å². The maximum absolute atomic E-state index is 12.8. The van der Waals surface area contributed by atoms with Gasteiger partial charge >= 0.3 is 0 Å². The second-order valence-electron chi connectivity index (χ2n) is 6.70. The van der Waals surface area contributed by atoms with Gasteiger partial charge in [0.1, 0.15) is 0 Å². The summed E-state index contributed by atoms with van der Waals surface area (Å²) in [7, 11) is 0. The zero-order valence-corrected chi connectivity index (χ0v) is 14.9. The van der Waals surface area contributed by atoms with Crippen LogP contribution in [-0.2, 0) is 11.3 Å². The minimum Gasteiger partial charge on any atom is -0.334 e. The lowest BCUT2D eigenvalue weighted by molar-refractivity contribution is -0.117. The van der Waals surface area contributed by atoms with Gasteiger partial charge in [-0.3, -0.25) is 9.59 Å². The van der Waals surface area contributed by atoms with E-state index in [1.165, 1.54) is 0 Å². The number of hydrogen-bond acceptors (Lipinski definition) is 3. The molecule has 3 rings (SSSR count). The molecule has 0 radical (unpaired) electrons. The van der Waals surface area contributed by atoms with Crippen molar-refractivity contribution in [2.24, 2.45) is 11.7 Å². The number of rotatable bonds is 8. The van der Waals surface area contributed by atoms with Crippen LogP contribution in [0.3, 0.4) is 0 Å². The minimum atomic E-state index is 0.00478. The molecule has 0 saturated heterocycles. The normalized spacial score (nSPS) is 13.3. The molecule has 0 unspecified atom stereocenters. The zero-order valence-electron chi connectivity index (χ0n) is 14.9. The predicted molar refractivity (Wildman–Crippen MR) is 103 cm³/mol. The summed E-state index contributed by atoms with van der Waals surface area (Å²) in [6, 6.07) is 17.0. The number of anilines is 1. The third kappa shape index (κ3) is 4.92. The van der Waals surface area contributed by atoms with Crippen LogP contribution >= 0.6 is 0 Å². The van der Waals surface area contributed by atoms with E-state index in [9.17, 15) is 9.59 Å². The molecule has 1 fully saturated rings. The lowest BCUT2D eigenvalue weighted by Crippen LogP contribution is -2.32. The van der Waals surface area contributed by atoms with E-state index >= 15 is 0 Å². The number of nitrogens with zero attached hydrogens (tertiary/aromatic N) is 1. The highest BCUT2D eigenvalue weighted by Gasteiger charge is 2.29. The Kier molecular flexibility index (Phi) is 6.02. The minimum absolute atomic E-state index is 0.00478. The molecular weight excluding hydrogens is 326 g/mol. The second kappa shape index (κ2) is 8.63. The van der Waals surface area contributed by atoms with Crippen molar-refractivity contribution in [2.75, 3.05) is 18.4 Å². The Hall–Kier alpha value is -2.66. The average Bonchev–Trinajstić information content (AvgIpc) is 3.52. The fraction of sp³-hybridized carbons (Fsp3) is 0.333. The van der Waals surface area contributed by atoms with Crippen molar-refractivity contribution < 1.29 is 9.59 Å². The van der Waals surface area contributed by atoms with Crippen LogP contribution in [0.2, 0.25) is 0 Å². The van der Waals surface area contributed by atoms with E-state index < -0.39 is 0 Å². The molecule has 136 valence electrons. The molecule has 0 aromatic heterocycles. The Labute approximate surface area is 154 Å². The molecule has 2 aromatic rings. The first-order valence-electron chi connectivity index (χ1n) is 9.11. The van der Waals surface area contributed by atoms with Crippen molar-refractivity contribution in [1.82, 2.24) is 4.90 Å². The first-order chi connectivity index (χ1) is 12.7. The van der Waals surface area contributed by atoms with Gasteiger partial charge < -0.3 is 16.0 Å². The van der Waals surface area contributed by atoms with Crippen LogP contribution in [0.25, 0.3) is 0 Å². The fourth-order valence-electron chi connectivity index (χ4n) is 2.80. The smallest absolute Gasteiger partial charge is 0.254 e. The van der Waals surface area contributed by atoms with Gasteiger partial charge in [0.25, 0.3) is 5.91 Å². The van der Waals surface area contributed by atoms with Crippen LogP contribution in [0.4, 0.5) is 5.69 Å². The molecule has 0 spiro atoms. The Morgan fingerprint density at radius 2 is 1.73 bits per heavy atom. The van der Waals surface area contributed by atoms with Crippen molar-refractivity contribution in [3.05, 3.63) is 65.7 Å². The summed E-state index contributed by atoms with van der Waals surface area (Å²) in [6.07, 6.45) is 2.73. The maximum atomic E-state index is 12.8. The van der Waals surface area contributed by atoms with Gasteiger partial charge in [-0.2, -0.15) is 0 Å². The summed E-state index contributed by atoms with van der Waals surface area (Å²) in [5.41, 5.74) is 8.13. The number of nitrogens with one attached hydrogen (secondary N) is 1. The number of carbonyl (C=O) groups excluding carboxylic acids is 2. The van der Waals surface area contributed by atoms with E-state index in [1.54, 1.807) is 0 Å². The van der Waals surface area contributed by atoms with Crippen molar-refractivity contribution in [1.29, 1.82) is 0 Å². The highest BCUT2D eigenvalue weighted by atomic mass is 16.2. The monoisotopic (exact) mass is 351 g/mol. The maximum Gasteiger partial charge on any atom is 0.254 e. The summed E-state index contributed by atoms with van der Waals surface area (Å²) in [5, 5.41) is 2.93. The third-order valence-corrected chi connectivity index (χ3v) is 4.48. The molecule has 26 heavy (non-hydrogen) atoms. The van der Waals surface area contributed by atoms with Gasteiger partial charge in [0.05, 0.1) is 0 Å². The molecule has 1 aliphatic carbocycles. The van der Waals surface area contributed by atoms with E-state index in [0.717, 1.165) is 30.5 Å². The topological polar surface area (TPSA) is 75.4 Å². The highest BCUT2D eigenvalue weighted by Crippen LogP contribution is 2.30. The SMILES string of the molecule is NCCCN(Cc1ccc(NC(=O)C2CC2)cc1)C(=O)c1ccccc1. The van der Waals surface area contributed by atoms with Crippen molar-refractivity contribution >= 4 is 17.5 Å². The van der Waals surface area contributed by atoms with Crippen molar-refractivity contribution in [3.63, 3.8) is 0 Å². The quantitative estimate of drug-likeness (QED) is 0.767. The van der Waals surface area contributed by atoms with Gasteiger partial charge in [0.15, 0.2) is 0 Å². The Morgan fingerprint density at radius 3 is 2.35 bits per heavy atom. The largest absolute Gasteiger partial charge is 0.334 e. The zero-order chi connectivity index (χ0) is 18.4. The lowest BCUT2D eigenvalue weighted by Gasteiger charge is -2.23. The second-order valence-corrected chi connectivity index (χ2v) is 6.70. The number of benzene rings is 2. The van der Waals surface area contributed by atoms with Crippen LogP contribution in [0.15, 0.2) is 54.6 Å². The van der Waals surface area contributed by atoms with E-state index in [2.05, 4.69) is 5.32 Å². The summed E-state index contributed by atoms with van der Waals surface area (Å²) >= 11 is 0. The van der Waals surface area contributed by atoms with Crippen LogP contribution < -0.4 is 11.1 Å². The molecular formula is C21H25N3O2.